The number of nitrogens with zero attached hydrogens (tertiary/aromatic N) is 4. The van der Waals surface area contributed by atoms with E-state index in [-0.39, 0.29) is 6.04 Å². The van der Waals surface area contributed by atoms with Crippen molar-refractivity contribution in [2.45, 2.75) is 63.9 Å². The number of alkyl halides is 3. The SMILES string of the molecule is O=C(CC1CCCC1)N1Cc2ccnn2C(CCOCc2cccnc2)C1.O=C(O)C(F)(F)F. The number of halogens is 3. The van der Waals surface area contributed by atoms with E-state index in [0.29, 0.717) is 38.0 Å². The van der Waals surface area contributed by atoms with Gasteiger partial charge < -0.3 is 14.7 Å². The van der Waals surface area contributed by atoms with Gasteiger partial charge in [0, 0.05) is 38.2 Å². The molecule has 0 radical (unpaired) electrons. The Balaban J connectivity index is 0.000000406. The van der Waals surface area contributed by atoms with Crippen LogP contribution < -0.4 is 0 Å². The van der Waals surface area contributed by atoms with Gasteiger partial charge in [-0.05, 0) is 42.9 Å². The largest absolute Gasteiger partial charge is 0.490 e. The molecule has 0 bridgehead atoms. The van der Waals surface area contributed by atoms with Crippen molar-refractivity contribution in [1.29, 1.82) is 0 Å². The summed E-state index contributed by atoms with van der Waals surface area (Å²) in [5.74, 6) is -1.87. The Labute approximate surface area is 195 Å². The van der Waals surface area contributed by atoms with E-state index in [4.69, 9.17) is 14.6 Å². The van der Waals surface area contributed by atoms with E-state index in [0.717, 1.165) is 24.2 Å². The summed E-state index contributed by atoms with van der Waals surface area (Å²) in [5, 5.41) is 11.6. The van der Waals surface area contributed by atoms with Crippen LogP contribution in [0.4, 0.5) is 13.2 Å². The van der Waals surface area contributed by atoms with Gasteiger partial charge >= 0.3 is 12.1 Å². The lowest BCUT2D eigenvalue weighted by molar-refractivity contribution is -0.192. The average Bonchev–Trinajstić information content (AvgIpc) is 3.49. The monoisotopic (exact) mass is 482 g/mol. The smallest absolute Gasteiger partial charge is 0.475 e. The third-order valence-electron chi connectivity index (χ3n) is 6.00. The van der Waals surface area contributed by atoms with E-state index in [1.807, 2.05) is 35.5 Å². The van der Waals surface area contributed by atoms with E-state index in [1.165, 1.54) is 25.7 Å². The van der Waals surface area contributed by atoms with E-state index >= 15 is 0 Å². The number of ether oxygens (including phenoxy) is 1. The maximum Gasteiger partial charge on any atom is 0.490 e. The van der Waals surface area contributed by atoms with Gasteiger partial charge in [-0.1, -0.05) is 18.9 Å². The van der Waals surface area contributed by atoms with Crippen LogP contribution in [-0.2, 0) is 27.5 Å². The van der Waals surface area contributed by atoms with Crippen LogP contribution >= 0.6 is 0 Å². The second-order valence-electron chi connectivity index (χ2n) is 8.56. The zero-order valence-electron chi connectivity index (χ0n) is 18.8. The van der Waals surface area contributed by atoms with Crippen LogP contribution in [0.1, 0.15) is 55.8 Å². The molecule has 34 heavy (non-hydrogen) atoms. The molecular formula is C23H29F3N4O4. The molecule has 2 aromatic heterocycles. The number of carbonyl (C=O) groups is 2. The molecular weight excluding hydrogens is 453 g/mol. The molecule has 4 rings (SSSR count). The average molecular weight is 483 g/mol. The number of carbonyl (C=O) groups excluding carboxylic acids is 1. The molecule has 1 unspecified atom stereocenters. The first-order chi connectivity index (χ1) is 16.2. The highest BCUT2D eigenvalue weighted by molar-refractivity contribution is 5.76. The molecule has 1 fully saturated rings. The third-order valence-corrected chi connectivity index (χ3v) is 6.00. The molecule has 1 aliphatic heterocycles. The molecule has 1 N–H and O–H groups in total. The van der Waals surface area contributed by atoms with Gasteiger partial charge in [0.15, 0.2) is 0 Å². The molecule has 2 aromatic rings. The number of fused-ring (bicyclic) bond motifs is 1. The fourth-order valence-electron chi connectivity index (χ4n) is 4.27. The lowest BCUT2D eigenvalue weighted by atomic mass is 10.0. The Morgan fingerprint density at radius 1 is 1.18 bits per heavy atom. The number of carboxylic acids is 1. The lowest BCUT2D eigenvalue weighted by Gasteiger charge is -2.34. The summed E-state index contributed by atoms with van der Waals surface area (Å²) in [4.78, 5) is 27.8. The molecule has 0 aromatic carbocycles. The van der Waals surface area contributed by atoms with Crippen molar-refractivity contribution in [2.24, 2.45) is 5.92 Å². The van der Waals surface area contributed by atoms with Crippen LogP contribution in [0.5, 0.6) is 0 Å². The minimum Gasteiger partial charge on any atom is -0.475 e. The highest BCUT2D eigenvalue weighted by atomic mass is 19.4. The van der Waals surface area contributed by atoms with Crippen LogP contribution in [0.15, 0.2) is 36.8 Å². The first-order valence-corrected chi connectivity index (χ1v) is 11.3. The number of hydrogen-bond donors (Lipinski definition) is 1. The summed E-state index contributed by atoms with van der Waals surface area (Å²) in [6, 6.07) is 6.15. The maximum atomic E-state index is 12.8. The van der Waals surface area contributed by atoms with E-state index in [1.54, 1.807) is 6.20 Å². The van der Waals surface area contributed by atoms with Crippen molar-refractivity contribution >= 4 is 11.9 Å². The topological polar surface area (TPSA) is 97.5 Å². The number of rotatable bonds is 7. The summed E-state index contributed by atoms with van der Waals surface area (Å²) in [6.45, 7) is 2.62. The van der Waals surface area contributed by atoms with Crippen LogP contribution in [0, 0.1) is 5.92 Å². The summed E-state index contributed by atoms with van der Waals surface area (Å²) in [7, 11) is 0. The van der Waals surface area contributed by atoms with Crippen LogP contribution in [0.25, 0.3) is 0 Å². The zero-order valence-corrected chi connectivity index (χ0v) is 18.8. The Morgan fingerprint density at radius 2 is 1.91 bits per heavy atom. The fraction of sp³-hybridized carbons (Fsp3) is 0.565. The van der Waals surface area contributed by atoms with Gasteiger partial charge in [-0.2, -0.15) is 18.3 Å². The van der Waals surface area contributed by atoms with Crippen molar-refractivity contribution in [1.82, 2.24) is 19.7 Å². The maximum absolute atomic E-state index is 12.8. The van der Waals surface area contributed by atoms with Crippen molar-refractivity contribution < 1.29 is 32.6 Å². The van der Waals surface area contributed by atoms with Crippen LogP contribution in [0.2, 0.25) is 0 Å². The molecule has 0 saturated heterocycles. The Hall–Kier alpha value is -2.95. The minimum atomic E-state index is -5.08. The van der Waals surface area contributed by atoms with Gasteiger partial charge in [-0.3, -0.25) is 14.5 Å². The molecule has 186 valence electrons. The highest BCUT2D eigenvalue weighted by Crippen LogP contribution is 2.30. The molecule has 1 atom stereocenters. The Morgan fingerprint density at radius 3 is 2.56 bits per heavy atom. The normalized spacial score (nSPS) is 18.2. The van der Waals surface area contributed by atoms with Crippen molar-refractivity contribution in [3.8, 4) is 0 Å². The molecule has 0 spiro atoms. The predicted octanol–water partition coefficient (Wildman–Crippen LogP) is 3.98. The Kier molecular flexibility index (Phi) is 9.03. The molecule has 1 aliphatic carbocycles. The van der Waals surface area contributed by atoms with E-state index in [9.17, 15) is 18.0 Å². The van der Waals surface area contributed by atoms with Gasteiger partial charge in [0.1, 0.15) is 0 Å². The fourth-order valence-corrected chi connectivity index (χ4v) is 4.27. The summed E-state index contributed by atoms with van der Waals surface area (Å²) in [6.07, 6.45) is 6.89. The molecule has 1 amide bonds. The van der Waals surface area contributed by atoms with Gasteiger partial charge in [0.25, 0.3) is 0 Å². The number of hydrogen-bond acceptors (Lipinski definition) is 5. The van der Waals surface area contributed by atoms with Crippen LogP contribution in [-0.4, -0.2) is 56.0 Å². The van der Waals surface area contributed by atoms with Gasteiger partial charge in [0.2, 0.25) is 5.91 Å². The molecule has 2 aliphatic rings. The van der Waals surface area contributed by atoms with Crippen LogP contribution in [0.3, 0.4) is 0 Å². The minimum absolute atomic E-state index is 0.185. The van der Waals surface area contributed by atoms with Crippen molar-refractivity contribution in [3.63, 3.8) is 0 Å². The van der Waals surface area contributed by atoms with Gasteiger partial charge in [-0.25, -0.2) is 4.79 Å². The summed E-state index contributed by atoms with van der Waals surface area (Å²) in [5.41, 5.74) is 2.20. The molecule has 8 nitrogen and oxygen atoms in total. The standard InChI is InChI=1S/C21H28N4O2.C2HF3O2/c26-21(12-17-4-1-2-5-17)24-14-19-7-10-23-25(19)20(15-24)8-11-27-16-18-6-3-9-22-13-18;3-2(4,5)1(6)7/h3,6-7,9-10,13,17,20H,1-2,4-5,8,11-12,14-16H2;(H,6,7). The zero-order chi connectivity index (χ0) is 24.6. The predicted molar refractivity (Wildman–Crippen MR) is 115 cm³/mol. The van der Waals surface area contributed by atoms with Crippen molar-refractivity contribution in [3.05, 3.63) is 48.0 Å². The Bertz CT molecular complexity index is 930. The third kappa shape index (κ3) is 7.54. The quantitative estimate of drug-likeness (QED) is 0.600. The first kappa shape index (κ1) is 25.7. The second kappa shape index (κ2) is 12.0. The molecule has 3 heterocycles. The molecule has 11 heteroatoms. The first-order valence-electron chi connectivity index (χ1n) is 11.3. The summed E-state index contributed by atoms with van der Waals surface area (Å²) >= 11 is 0. The van der Waals surface area contributed by atoms with E-state index in [2.05, 4.69) is 14.8 Å². The number of amides is 1. The number of aliphatic carboxylic acids is 1. The summed E-state index contributed by atoms with van der Waals surface area (Å²) < 4.78 is 39.6. The molecule has 1 saturated carbocycles. The van der Waals surface area contributed by atoms with Gasteiger partial charge in [-0.15, -0.1) is 0 Å². The van der Waals surface area contributed by atoms with E-state index < -0.39 is 12.1 Å². The number of pyridine rings is 1. The number of carboxylic acid groups (broad SMARTS) is 1. The highest BCUT2D eigenvalue weighted by Gasteiger charge is 2.38. The lowest BCUT2D eigenvalue weighted by Crippen LogP contribution is -2.42. The van der Waals surface area contributed by atoms with Gasteiger partial charge in [0.05, 0.1) is 24.9 Å². The number of aromatic nitrogens is 3. The second-order valence-corrected chi connectivity index (χ2v) is 8.56. The van der Waals surface area contributed by atoms with Crippen molar-refractivity contribution in [2.75, 3.05) is 13.2 Å².